The van der Waals surface area contributed by atoms with Gasteiger partial charge < -0.3 is 9.47 Å². The molecule has 0 fully saturated rings. The molecule has 1 aromatic heterocycles. The van der Waals surface area contributed by atoms with Crippen molar-refractivity contribution < 1.29 is 9.47 Å². The fraction of sp³-hybridized carbons (Fsp3) is 0.357. The molecule has 4 nitrogen and oxygen atoms in total. The first-order valence-corrected chi connectivity index (χ1v) is 6.89. The van der Waals surface area contributed by atoms with Crippen molar-refractivity contribution in [3.05, 3.63) is 40.6 Å². The van der Waals surface area contributed by atoms with E-state index in [2.05, 4.69) is 34.9 Å². The zero-order valence-electron chi connectivity index (χ0n) is 11.3. The van der Waals surface area contributed by atoms with Crippen LogP contribution in [0.15, 0.2) is 35.1 Å². The molecule has 0 aliphatic carbocycles. The first kappa shape index (κ1) is 13.9. The van der Waals surface area contributed by atoms with Gasteiger partial charge in [0.05, 0.1) is 19.5 Å². The van der Waals surface area contributed by atoms with E-state index in [0.717, 1.165) is 21.5 Å². The van der Waals surface area contributed by atoms with Gasteiger partial charge in [-0.25, -0.2) is 0 Å². The van der Waals surface area contributed by atoms with Gasteiger partial charge in [0.15, 0.2) is 5.75 Å². The van der Waals surface area contributed by atoms with Crippen LogP contribution >= 0.6 is 15.9 Å². The molecule has 0 N–H and O–H groups in total. The van der Waals surface area contributed by atoms with Crippen LogP contribution in [-0.4, -0.2) is 16.9 Å². The molecule has 0 saturated carbocycles. The molecule has 0 bridgehead atoms. The van der Waals surface area contributed by atoms with Gasteiger partial charge in [-0.05, 0) is 32.0 Å². The molecule has 0 aliphatic heterocycles. The van der Waals surface area contributed by atoms with E-state index in [9.17, 15) is 0 Å². The Bertz CT molecular complexity index is 552. The maximum absolute atomic E-state index is 5.74. The van der Waals surface area contributed by atoms with Crippen LogP contribution in [0, 0.1) is 0 Å². The van der Waals surface area contributed by atoms with Crippen LogP contribution in [-0.2, 0) is 6.61 Å². The van der Waals surface area contributed by atoms with Gasteiger partial charge >= 0.3 is 0 Å². The molecule has 0 aliphatic rings. The normalized spacial score (nSPS) is 10.8. The summed E-state index contributed by atoms with van der Waals surface area (Å²) in [5.74, 6) is 1.58. The molecule has 1 aromatic carbocycles. The monoisotopic (exact) mass is 324 g/mol. The minimum atomic E-state index is 0.331. The average Bonchev–Trinajstić information content (AvgIpc) is 2.85. The van der Waals surface area contributed by atoms with Gasteiger partial charge in [-0.1, -0.05) is 15.9 Å². The van der Waals surface area contributed by atoms with Crippen LogP contribution < -0.4 is 9.47 Å². The Labute approximate surface area is 121 Å². The molecular formula is C14H17BrN2O2. The Hall–Kier alpha value is -1.49. The molecule has 0 amide bonds. The van der Waals surface area contributed by atoms with Crippen LogP contribution in [0.5, 0.6) is 11.5 Å². The zero-order chi connectivity index (χ0) is 13.8. The number of hydrogen-bond acceptors (Lipinski definition) is 3. The molecule has 0 atom stereocenters. The van der Waals surface area contributed by atoms with Gasteiger partial charge in [0.2, 0.25) is 0 Å². The van der Waals surface area contributed by atoms with Crippen LogP contribution in [0.2, 0.25) is 0 Å². The Morgan fingerprint density at radius 2 is 2.16 bits per heavy atom. The second-order valence-corrected chi connectivity index (χ2v) is 5.41. The van der Waals surface area contributed by atoms with Gasteiger partial charge in [-0.15, -0.1) is 0 Å². The highest BCUT2D eigenvalue weighted by Gasteiger charge is 2.07. The molecule has 0 saturated heterocycles. The standard InChI is InChI=1S/C14H17BrN2O2/c1-10(2)17-8-13(7-16-17)19-9-11-6-12(15)4-5-14(11)18-3/h4-8,10H,9H2,1-3H3. The van der Waals surface area contributed by atoms with Gasteiger partial charge in [0.1, 0.15) is 12.4 Å². The molecule has 5 heteroatoms. The highest BCUT2D eigenvalue weighted by atomic mass is 79.9. The summed E-state index contributed by atoms with van der Waals surface area (Å²) in [6, 6.07) is 6.18. The summed E-state index contributed by atoms with van der Waals surface area (Å²) in [7, 11) is 1.66. The van der Waals surface area contributed by atoms with E-state index < -0.39 is 0 Å². The Morgan fingerprint density at radius 1 is 1.37 bits per heavy atom. The molecule has 0 unspecified atom stereocenters. The summed E-state index contributed by atoms with van der Waals surface area (Å²) in [6.07, 6.45) is 3.62. The minimum absolute atomic E-state index is 0.331. The van der Waals surface area contributed by atoms with E-state index in [0.29, 0.717) is 12.6 Å². The number of nitrogens with zero attached hydrogens (tertiary/aromatic N) is 2. The Kier molecular flexibility index (Phi) is 4.47. The number of halogens is 1. The van der Waals surface area contributed by atoms with Crippen molar-refractivity contribution in [2.24, 2.45) is 0 Å². The number of methoxy groups -OCH3 is 1. The molecule has 102 valence electrons. The molecule has 0 spiro atoms. The van der Waals surface area contributed by atoms with Crippen molar-refractivity contribution in [2.45, 2.75) is 26.5 Å². The number of benzene rings is 1. The molecule has 2 aromatic rings. The van der Waals surface area contributed by atoms with E-state index >= 15 is 0 Å². The summed E-state index contributed by atoms with van der Waals surface area (Å²) >= 11 is 3.45. The Balaban J connectivity index is 2.07. The second-order valence-electron chi connectivity index (χ2n) is 4.49. The summed E-state index contributed by atoms with van der Waals surface area (Å²) in [4.78, 5) is 0. The van der Waals surface area contributed by atoms with E-state index in [1.54, 1.807) is 13.3 Å². The lowest BCUT2D eigenvalue weighted by Crippen LogP contribution is -2.00. The highest BCUT2D eigenvalue weighted by Crippen LogP contribution is 2.24. The summed E-state index contributed by atoms with van der Waals surface area (Å²) < 4.78 is 13.9. The van der Waals surface area contributed by atoms with Crippen LogP contribution in [0.3, 0.4) is 0 Å². The summed E-state index contributed by atoms with van der Waals surface area (Å²) in [5.41, 5.74) is 0.995. The van der Waals surface area contributed by atoms with Crippen LogP contribution in [0.25, 0.3) is 0 Å². The van der Waals surface area contributed by atoms with Crippen molar-refractivity contribution >= 4 is 15.9 Å². The van der Waals surface area contributed by atoms with Crippen LogP contribution in [0.4, 0.5) is 0 Å². The van der Waals surface area contributed by atoms with E-state index in [1.165, 1.54) is 0 Å². The predicted octanol–water partition coefficient (Wildman–Crippen LogP) is 3.81. The Morgan fingerprint density at radius 3 is 2.79 bits per heavy atom. The topological polar surface area (TPSA) is 36.3 Å². The predicted molar refractivity (Wildman–Crippen MR) is 77.6 cm³/mol. The fourth-order valence-corrected chi connectivity index (χ4v) is 2.11. The third-order valence-electron chi connectivity index (χ3n) is 2.74. The zero-order valence-corrected chi connectivity index (χ0v) is 12.8. The SMILES string of the molecule is COc1ccc(Br)cc1COc1cnn(C(C)C)c1. The van der Waals surface area contributed by atoms with Crippen molar-refractivity contribution in [1.29, 1.82) is 0 Å². The summed E-state index contributed by atoms with van der Waals surface area (Å²) in [6.45, 7) is 4.61. The van der Waals surface area contributed by atoms with Crippen molar-refractivity contribution in [2.75, 3.05) is 7.11 Å². The third kappa shape index (κ3) is 3.50. The van der Waals surface area contributed by atoms with E-state index in [1.807, 2.05) is 29.1 Å². The molecule has 1 heterocycles. The van der Waals surface area contributed by atoms with Crippen molar-refractivity contribution in [3.63, 3.8) is 0 Å². The molecule has 19 heavy (non-hydrogen) atoms. The van der Waals surface area contributed by atoms with E-state index in [4.69, 9.17) is 9.47 Å². The van der Waals surface area contributed by atoms with Crippen molar-refractivity contribution in [3.8, 4) is 11.5 Å². The van der Waals surface area contributed by atoms with Gasteiger partial charge in [-0.3, -0.25) is 4.68 Å². The lowest BCUT2D eigenvalue weighted by molar-refractivity contribution is 0.296. The van der Waals surface area contributed by atoms with Gasteiger partial charge in [0.25, 0.3) is 0 Å². The lowest BCUT2D eigenvalue weighted by atomic mass is 10.2. The van der Waals surface area contributed by atoms with E-state index in [-0.39, 0.29) is 0 Å². The number of ether oxygens (including phenoxy) is 2. The average molecular weight is 325 g/mol. The molecule has 0 radical (unpaired) electrons. The first-order valence-electron chi connectivity index (χ1n) is 6.09. The molecule has 2 rings (SSSR count). The summed E-state index contributed by atoms with van der Waals surface area (Å²) in [5, 5.41) is 4.24. The first-order chi connectivity index (χ1) is 9.10. The number of rotatable bonds is 5. The third-order valence-corrected chi connectivity index (χ3v) is 3.24. The fourth-order valence-electron chi connectivity index (χ4n) is 1.70. The number of aromatic nitrogens is 2. The van der Waals surface area contributed by atoms with Crippen molar-refractivity contribution in [1.82, 2.24) is 9.78 Å². The lowest BCUT2D eigenvalue weighted by Gasteiger charge is -2.09. The molecular weight excluding hydrogens is 308 g/mol. The smallest absolute Gasteiger partial charge is 0.157 e. The number of hydrogen-bond donors (Lipinski definition) is 0. The highest BCUT2D eigenvalue weighted by molar-refractivity contribution is 9.10. The van der Waals surface area contributed by atoms with Gasteiger partial charge in [-0.2, -0.15) is 5.10 Å². The van der Waals surface area contributed by atoms with Gasteiger partial charge in [0, 0.05) is 16.1 Å². The van der Waals surface area contributed by atoms with Crippen LogP contribution in [0.1, 0.15) is 25.5 Å². The quantitative estimate of drug-likeness (QED) is 0.839. The second kappa shape index (κ2) is 6.10. The minimum Gasteiger partial charge on any atom is -0.496 e. The maximum Gasteiger partial charge on any atom is 0.157 e. The largest absolute Gasteiger partial charge is 0.496 e. The maximum atomic E-state index is 5.74.